The predicted octanol–water partition coefficient (Wildman–Crippen LogP) is 3.00. The molecule has 0 N–H and O–H groups in total. The third kappa shape index (κ3) is 2.35. The van der Waals surface area contributed by atoms with Crippen molar-refractivity contribution in [3.8, 4) is 0 Å². The van der Waals surface area contributed by atoms with Crippen LogP contribution in [0, 0.1) is 5.82 Å². The summed E-state index contributed by atoms with van der Waals surface area (Å²) in [5.41, 5.74) is 0.739. The number of amides is 2. The largest absolute Gasteiger partial charge is 0.279 e. The second-order valence-corrected chi connectivity index (χ2v) is 5.70. The fourth-order valence-electron chi connectivity index (χ4n) is 3.33. The summed E-state index contributed by atoms with van der Waals surface area (Å²) in [5.74, 6) is -0.926. The molecular weight excluding hydrogens is 257 g/mol. The zero-order chi connectivity index (χ0) is 14.1. The van der Waals surface area contributed by atoms with Gasteiger partial charge < -0.3 is 0 Å². The van der Waals surface area contributed by atoms with Crippen LogP contribution in [0.15, 0.2) is 24.3 Å². The summed E-state index contributed by atoms with van der Waals surface area (Å²) in [6.45, 7) is 0. The quantitative estimate of drug-likeness (QED) is 0.778. The molecule has 1 aliphatic heterocycles. The molecular formula is C16H18FNO2. The molecule has 0 bridgehead atoms. The molecule has 0 radical (unpaired) electrons. The Kier molecular flexibility index (Phi) is 3.55. The van der Waals surface area contributed by atoms with Crippen LogP contribution in [0.4, 0.5) is 4.39 Å². The Morgan fingerprint density at radius 1 is 1.00 bits per heavy atom. The topological polar surface area (TPSA) is 37.4 Å². The summed E-state index contributed by atoms with van der Waals surface area (Å²) in [7, 11) is 0. The molecule has 20 heavy (non-hydrogen) atoms. The van der Waals surface area contributed by atoms with Gasteiger partial charge >= 0.3 is 0 Å². The van der Waals surface area contributed by atoms with Gasteiger partial charge in [-0.3, -0.25) is 14.5 Å². The van der Waals surface area contributed by atoms with Crippen molar-refractivity contribution in [2.45, 2.75) is 50.5 Å². The van der Waals surface area contributed by atoms with Gasteiger partial charge in [0.15, 0.2) is 0 Å². The van der Waals surface area contributed by atoms with Gasteiger partial charge in [0, 0.05) is 12.5 Å². The van der Waals surface area contributed by atoms with Crippen LogP contribution in [0.5, 0.6) is 0 Å². The van der Waals surface area contributed by atoms with Crippen LogP contribution in [-0.4, -0.2) is 22.8 Å². The average molecular weight is 275 g/mol. The molecule has 4 heteroatoms. The number of halogens is 1. The van der Waals surface area contributed by atoms with E-state index in [1.807, 2.05) is 0 Å². The van der Waals surface area contributed by atoms with Crippen LogP contribution < -0.4 is 0 Å². The van der Waals surface area contributed by atoms with E-state index in [2.05, 4.69) is 0 Å². The lowest BCUT2D eigenvalue weighted by molar-refractivity contribution is -0.142. The van der Waals surface area contributed by atoms with E-state index in [0.717, 1.165) is 31.2 Å². The van der Waals surface area contributed by atoms with E-state index >= 15 is 0 Å². The summed E-state index contributed by atoms with van der Waals surface area (Å²) in [5, 5.41) is 0. The number of carbonyl (C=O) groups is 2. The van der Waals surface area contributed by atoms with Crippen molar-refractivity contribution < 1.29 is 14.0 Å². The number of imide groups is 1. The molecule has 1 aromatic rings. The van der Waals surface area contributed by atoms with E-state index in [0.29, 0.717) is 0 Å². The van der Waals surface area contributed by atoms with Crippen molar-refractivity contribution in [1.82, 2.24) is 4.90 Å². The summed E-state index contributed by atoms with van der Waals surface area (Å²) < 4.78 is 13.0. The van der Waals surface area contributed by atoms with Gasteiger partial charge in [0.25, 0.3) is 0 Å². The Labute approximate surface area is 117 Å². The van der Waals surface area contributed by atoms with Crippen LogP contribution in [0.1, 0.15) is 50.0 Å². The van der Waals surface area contributed by atoms with Crippen LogP contribution in [-0.2, 0) is 9.59 Å². The maximum atomic E-state index is 13.0. The standard InChI is InChI=1S/C16H18FNO2/c17-12-8-6-11(7-9-12)14-10-15(19)18(16(14)20)13-4-2-1-3-5-13/h6-9,13-14H,1-5,10H2/t14-/m0/s1. The molecule has 0 aromatic heterocycles. The van der Waals surface area contributed by atoms with Crippen molar-refractivity contribution in [3.63, 3.8) is 0 Å². The average Bonchev–Trinajstić information content (AvgIpc) is 2.76. The van der Waals surface area contributed by atoms with Gasteiger partial charge in [0.05, 0.1) is 5.92 Å². The molecule has 1 heterocycles. The zero-order valence-corrected chi connectivity index (χ0v) is 11.3. The number of likely N-dealkylation sites (tertiary alicyclic amines) is 1. The van der Waals surface area contributed by atoms with Gasteiger partial charge in [0.1, 0.15) is 5.82 Å². The van der Waals surface area contributed by atoms with E-state index < -0.39 is 5.92 Å². The van der Waals surface area contributed by atoms with Crippen molar-refractivity contribution >= 4 is 11.8 Å². The van der Waals surface area contributed by atoms with E-state index in [4.69, 9.17) is 0 Å². The molecule has 1 saturated heterocycles. The highest BCUT2D eigenvalue weighted by Crippen LogP contribution is 2.34. The highest BCUT2D eigenvalue weighted by atomic mass is 19.1. The Morgan fingerprint density at radius 2 is 1.65 bits per heavy atom. The number of carbonyl (C=O) groups excluding carboxylic acids is 2. The molecule has 3 nitrogen and oxygen atoms in total. The van der Waals surface area contributed by atoms with Crippen LogP contribution in [0.25, 0.3) is 0 Å². The van der Waals surface area contributed by atoms with Crippen molar-refractivity contribution in [1.29, 1.82) is 0 Å². The Hall–Kier alpha value is -1.71. The number of benzene rings is 1. The van der Waals surface area contributed by atoms with Gasteiger partial charge in [-0.05, 0) is 30.5 Å². The van der Waals surface area contributed by atoms with Crippen molar-refractivity contribution in [2.24, 2.45) is 0 Å². The van der Waals surface area contributed by atoms with E-state index in [1.165, 1.54) is 23.5 Å². The minimum Gasteiger partial charge on any atom is -0.279 e. The predicted molar refractivity (Wildman–Crippen MR) is 72.5 cm³/mol. The molecule has 106 valence electrons. The van der Waals surface area contributed by atoms with Crippen LogP contribution in [0.2, 0.25) is 0 Å². The van der Waals surface area contributed by atoms with E-state index in [1.54, 1.807) is 12.1 Å². The summed E-state index contributed by atoms with van der Waals surface area (Å²) in [6, 6.07) is 5.98. The van der Waals surface area contributed by atoms with E-state index in [-0.39, 0.29) is 30.1 Å². The summed E-state index contributed by atoms with van der Waals surface area (Å²) >= 11 is 0. The Balaban J connectivity index is 1.80. The maximum absolute atomic E-state index is 13.0. The molecule has 1 aliphatic carbocycles. The highest BCUT2D eigenvalue weighted by molar-refractivity contribution is 6.06. The normalized spacial score (nSPS) is 24.4. The van der Waals surface area contributed by atoms with Gasteiger partial charge in [0.2, 0.25) is 11.8 Å². The maximum Gasteiger partial charge on any atom is 0.237 e. The molecule has 0 spiro atoms. The smallest absolute Gasteiger partial charge is 0.237 e. The Bertz CT molecular complexity index is 520. The lowest BCUT2D eigenvalue weighted by atomic mass is 9.94. The van der Waals surface area contributed by atoms with Crippen molar-refractivity contribution in [3.05, 3.63) is 35.6 Å². The lowest BCUT2D eigenvalue weighted by Gasteiger charge is -2.29. The first-order valence-corrected chi connectivity index (χ1v) is 7.28. The highest BCUT2D eigenvalue weighted by Gasteiger charge is 2.42. The minimum atomic E-state index is -0.426. The summed E-state index contributed by atoms with van der Waals surface area (Å²) in [4.78, 5) is 26.2. The van der Waals surface area contributed by atoms with Gasteiger partial charge in [-0.2, -0.15) is 0 Å². The molecule has 2 aliphatic rings. The number of hydrogen-bond acceptors (Lipinski definition) is 2. The van der Waals surface area contributed by atoms with Crippen LogP contribution in [0.3, 0.4) is 0 Å². The molecule has 3 rings (SSSR count). The monoisotopic (exact) mass is 275 g/mol. The molecule has 0 unspecified atom stereocenters. The SMILES string of the molecule is O=C1C[C@@H](c2ccc(F)cc2)C(=O)N1C1CCCCC1. The zero-order valence-electron chi connectivity index (χ0n) is 11.3. The fraction of sp³-hybridized carbons (Fsp3) is 0.500. The second kappa shape index (κ2) is 5.35. The first-order chi connectivity index (χ1) is 9.66. The molecule has 1 saturated carbocycles. The fourth-order valence-corrected chi connectivity index (χ4v) is 3.33. The molecule has 1 aromatic carbocycles. The first kappa shape index (κ1) is 13.3. The van der Waals surface area contributed by atoms with Gasteiger partial charge in [-0.15, -0.1) is 0 Å². The minimum absolute atomic E-state index is 0.0729. The third-order valence-electron chi connectivity index (χ3n) is 4.40. The van der Waals surface area contributed by atoms with Crippen LogP contribution >= 0.6 is 0 Å². The first-order valence-electron chi connectivity index (χ1n) is 7.28. The Morgan fingerprint density at radius 3 is 2.30 bits per heavy atom. The summed E-state index contributed by atoms with van der Waals surface area (Å²) in [6.07, 6.45) is 5.43. The number of rotatable bonds is 2. The molecule has 2 fully saturated rings. The van der Waals surface area contributed by atoms with Gasteiger partial charge in [-0.25, -0.2) is 4.39 Å². The third-order valence-corrected chi connectivity index (χ3v) is 4.40. The van der Waals surface area contributed by atoms with Gasteiger partial charge in [-0.1, -0.05) is 31.4 Å². The second-order valence-electron chi connectivity index (χ2n) is 5.70. The lowest BCUT2D eigenvalue weighted by Crippen LogP contribution is -2.41. The molecule has 2 amide bonds. The number of nitrogens with zero attached hydrogens (tertiary/aromatic N) is 1. The molecule has 1 atom stereocenters. The van der Waals surface area contributed by atoms with Crippen molar-refractivity contribution in [2.75, 3.05) is 0 Å². The van der Waals surface area contributed by atoms with E-state index in [9.17, 15) is 14.0 Å². The number of hydrogen-bond donors (Lipinski definition) is 0.